The number of fused-ring (bicyclic) bond motifs is 1. The third kappa shape index (κ3) is 4.30. The average molecular weight is 468 g/mol. The predicted octanol–water partition coefficient (Wildman–Crippen LogP) is 4.00. The normalized spacial score (nSPS) is 13.9. The number of carbonyl (C=O) groups excluding carboxylic acids is 1. The van der Waals surface area contributed by atoms with Gasteiger partial charge in [0.1, 0.15) is 10.5 Å². The SMILES string of the molecule is CCn1c(SCC(=O)Nc2ccc(Cl)cc2F)nc2nc(N3CCCC3)sc2c1=O. The summed E-state index contributed by atoms with van der Waals surface area (Å²) in [6.45, 7) is 4.15. The summed E-state index contributed by atoms with van der Waals surface area (Å²) < 4.78 is 15.9. The van der Waals surface area contributed by atoms with Crippen LogP contribution in [-0.2, 0) is 11.3 Å². The highest BCUT2D eigenvalue weighted by Gasteiger charge is 2.21. The fourth-order valence-corrected chi connectivity index (χ4v) is 5.23. The summed E-state index contributed by atoms with van der Waals surface area (Å²) >= 11 is 8.22. The maximum atomic E-state index is 13.9. The van der Waals surface area contributed by atoms with Gasteiger partial charge in [0, 0.05) is 24.7 Å². The van der Waals surface area contributed by atoms with Crippen LogP contribution in [0, 0.1) is 5.82 Å². The molecule has 1 aromatic carbocycles. The molecule has 1 aliphatic rings. The summed E-state index contributed by atoms with van der Waals surface area (Å²) in [5.74, 6) is -1.04. The Hall–Kier alpha value is -2.17. The maximum Gasteiger partial charge on any atom is 0.273 e. The first-order valence-electron chi connectivity index (χ1n) is 9.50. The molecule has 1 fully saturated rings. The fraction of sp³-hybridized carbons (Fsp3) is 0.368. The van der Waals surface area contributed by atoms with E-state index in [0.29, 0.717) is 22.0 Å². The van der Waals surface area contributed by atoms with Crippen molar-refractivity contribution < 1.29 is 9.18 Å². The molecule has 11 heteroatoms. The van der Waals surface area contributed by atoms with Crippen molar-refractivity contribution in [3.05, 3.63) is 39.4 Å². The van der Waals surface area contributed by atoms with E-state index in [9.17, 15) is 14.0 Å². The molecule has 158 valence electrons. The first kappa shape index (κ1) is 21.1. The molecule has 0 saturated carbocycles. The number of thiazole rings is 1. The zero-order valence-electron chi connectivity index (χ0n) is 16.2. The zero-order valence-corrected chi connectivity index (χ0v) is 18.5. The van der Waals surface area contributed by atoms with E-state index in [2.05, 4.69) is 20.2 Å². The average Bonchev–Trinajstić information content (AvgIpc) is 3.38. The van der Waals surface area contributed by atoms with Gasteiger partial charge in [0.25, 0.3) is 5.56 Å². The number of hydrogen-bond donors (Lipinski definition) is 1. The molecule has 2 aromatic heterocycles. The highest BCUT2D eigenvalue weighted by atomic mass is 35.5. The van der Waals surface area contributed by atoms with Crippen molar-refractivity contribution in [2.45, 2.75) is 31.5 Å². The Balaban J connectivity index is 1.54. The summed E-state index contributed by atoms with van der Waals surface area (Å²) in [6.07, 6.45) is 2.24. The monoisotopic (exact) mass is 467 g/mol. The molecule has 0 atom stereocenters. The molecular formula is C19H19ClFN5O2S2. The lowest BCUT2D eigenvalue weighted by atomic mass is 10.3. The predicted molar refractivity (Wildman–Crippen MR) is 120 cm³/mol. The van der Waals surface area contributed by atoms with Crippen LogP contribution in [-0.4, -0.2) is 39.3 Å². The number of thioether (sulfide) groups is 1. The molecule has 1 saturated heterocycles. The van der Waals surface area contributed by atoms with Crippen molar-refractivity contribution in [2.24, 2.45) is 0 Å². The van der Waals surface area contributed by atoms with Crippen LogP contribution in [0.1, 0.15) is 19.8 Å². The Labute approximate surface area is 185 Å². The summed E-state index contributed by atoms with van der Waals surface area (Å²) in [5.41, 5.74) is 0.302. The van der Waals surface area contributed by atoms with Crippen LogP contribution < -0.4 is 15.8 Å². The number of nitrogens with zero attached hydrogens (tertiary/aromatic N) is 4. The Kier molecular flexibility index (Phi) is 6.26. The van der Waals surface area contributed by atoms with Crippen molar-refractivity contribution in [1.82, 2.24) is 14.5 Å². The lowest BCUT2D eigenvalue weighted by Crippen LogP contribution is -2.23. The Morgan fingerprint density at radius 2 is 2.10 bits per heavy atom. The lowest BCUT2D eigenvalue weighted by Gasteiger charge is -2.11. The molecule has 0 radical (unpaired) electrons. The van der Waals surface area contributed by atoms with E-state index < -0.39 is 11.7 Å². The van der Waals surface area contributed by atoms with Gasteiger partial charge in [-0.15, -0.1) is 0 Å². The van der Waals surface area contributed by atoms with Crippen molar-refractivity contribution in [2.75, 3.05) is 29.1 Å². The second kappa shape index (κ2) is 8.91. The Morgan fingerprint density at radius 3 is 2.80 bits per heavy atom. The quantitative estimate of drug-likeness (QED) is 0.436. The first-order valence-corrected chi connectivity index (χ1v) is 11.7. The fourth-order valence-electron chi connectivity index (χ4n) is 3.22. The lowest BCUT2D eigenvalue weighted by molar-refractivity contribution is -0.113. The molecule has 0 aliphatic carbocycles. The van der Waals surface area contributed by atoms with Crippen molar-refractivity contribution in [3.63, 3.8) is 0 Å². The minimum Gasteiger partial charge on any atom is -0.348 e. The number of amides is 1. The van der Waals surface area contributed by atoms with Gasteiger partial charge in [-0.2, -0.15) is 4.98 Å². The van der Waals surface area contributed by atoms with E-state index in [1.54, 1.807) is 0 Å². The van der Waals surface area contributed by atoms with E-state index in [4.69, 9.17) is 11.6 Å². The van der Waals surface area contributed by atoms with Gasteiger partial charge >= 0.3 is 0 Å². The van der Waals surface area contributed by atoms with E-state index in [1.165, 1.54) is 28.0 Å². The minimum absolute atomic E-state index is 0.0247. The van der Waals surface area contributed by atoms with Gasteiger partial charge in [-0.3, -0.25) is 14.2 Å². The van der Waals surface area contributed by atoms with Gasteiger partial charge < -0.3 is 10.2 Å². The Bertz CT molecular complexity index is 1160. The molecule has 1 aliphatic heterocycles. The van der Waals surface area contributed by atoms with Crippen molar-refractivity contribution in [3.8, 4) is 0 Å². The standard InChI is InChI=1S/C19H19ClFN5O2S2/c1-2-26-17(28)15-16(23-18(30-15)25-7-3-4-8-25)24-19(26)29-10-14(27)22-13-6-5-11(20)9-12(13)21/h5-6,9H,2-4,7-8,10H2,1H3,(H,22,27). The molecule has 1 N–H and O–H groups in total. The molecule has 1 amide bonds. The number of aromatic nitrogens is 3. The highest BCUT2D eigenvalue weighted by Crippen LogP contribution is 2.29. The third-order valence-corrected chi connectivity index (χ3v) is 7.01. The molecular weight excluding hydrogens is 449 g/mol. The van der Waals surface area contributed by atoms with Crippen molar-refractivity contribution in [1.29, 1.82) is 0 Å². The van der Waals surface area contributed by atoms with Crippen LogP contribution in [0.5, 0.6) is 0 Å². The maximum absolute atomic E-state index is 13.9. The zero-order chi connectivity index (χ0) is 21.3. The topological polar surface area (TPSA) is 80.1 Å². The third-order valence-electron chi connectivity index (χ3n) is 4.70. The van der Waals surface area contributed by atoms with Crippen LogP contribution in [0.25, 0.3) is 10.3 Å². The number of rotatable bonds is 6. The number of halogens is 2. The molecule has 4 rings (SSSR count). The number of carbonyl (C=O) groups is 1. The molecule has 0 spiro atoms. The van der Waals surface area contributed by atoms with Crippen LogP contribution >= 0.6 is 34.7 Å². The molecule has 3 aromatic rings. The number of anilines is 2. The molecule has 7 nitrogen and oxygen atoms in total. The smallest absolute Gasteiger partial charge is 0.273 e. The van der Waals surface area contributed by atoms with Gasteiger partial charge in [0.05, 0.1) is 11.4 Å². The second-order valence-corrected chi connectivity index (χ2v) is 9.10. The number of benzene rings is 1. The van der Waals surface area contributed by atoms with E-state index in [-0.39, 0.29) is 22.0 Å². The summed E-state index contributed by atoms with van der Waals surface area (Å²) in [5, 5.41) is 3.99. The summed E-state index contributed by atoms with van der Waals surface area (Å²) in [6, 6.07) is 4.04. The summed E-state index contributed by atoms with van der Waals surface area (Å²) in [4.78, 5) is 36.5. The van der Waals surface area contributed by atoms with Gasteiger partial charge in [-0.1, -0.05) is 34.7 Å². The Morgan fingerprint density at radius 1 is 1.33 bits per heavy atom. The molecule has 0 unspecified atom stereocenters. The van der Waals surface area contributed by atoms with Crippen LogP contribution in [0.2, 0.25) is 5.02 Å². The molecule has 3 heterocycles. The van der Waals surface area contributed by atoms with Crippen LogP contribution in [0.3, 0.4) is 0 Å². The number of hydrogen-bond acceptors (Lipinski definition) is 7. The summed E-state index contributed by atoms with van der Waals surface area (Å²) in [7, 11) is 0. The number of nitrogens with one attached hydrogen (secondary N) is 1. The van der Waals surface area contributed by atoms with Gasteiger partial charge in [0.15, 0.2) is 15.9 Å². The first-order chi connectivity index (χ1) is 14.5. The minimum atomic E-state index is -0.609. The molecule has 30 heavy (non-hydrogen) atoms. The van der Waals surface area contributed by atoms with Gasteiger partial charge in [-0.05, 0) is 38.0 Å². The van der Waals surface area contributed by atoms with Crippen LogP contribution in [0.4, 0.5) is 15.2 Å². The van der Waals surface area contributed by atoms with Gasteiger partial charge in [-0.25, -0.2) is 9.37 Å². The van der Waals surface area contributed by atoms with E-state index in [0.717, 1.165) is 48.9 Å². The van der Waals surface area contributed by atoms with E-state index in [1.807, 2.05) is 6.92 Å². The largest absolute Gasteiger partial charge is 0.348 e. The second-order valence-electron chi connectivity index (χ2n) is 6.75. The van der Waals surface area contributed by atoms with Crippen LogP contribution in [0.15, 0.2) is 28.2 Å². The molecule has 0 bridgehead atoms. The van der Waals surface area contributed by atoms with Gasteiger partial charge in [0.2, 0.25) is 5.91 Å². The highest BCUT2D eigenvalue weighted by molar-refractivity contribution is 7.99. The van der Waals surface area contributed by atoms with Crippen molar-refractivity contribution >= 4 is 61.8 Å². The van der Waals surface area contributed by atoms with E-state index >= 15 is 0 Å².